The molecule has 0 fully saturated rings. The van der Waals surface area contributed by atoms with Crippen LogP contribution in [0.3, 0.4) is 0 Å². The molecule has 0 aliphatic rings. The van der Waals surface area contributed by atoms with Gasteiger partial charge in [0, 0.05) is 12.1 Å². The van der Waals surface area contributed by atoms with Crippen LogP contribution in [0.1, 0.15) is 43.0 Å². The summed E-state index contributed by atoms with van der Waals surface area (Å²) >= 11 is 0. The van der Waals surface area contributed by atoms with Gasteiger partial charge in [-0.25, -0.2) is 9.18 Å². The summed E-state index contributed by atoms with van der Waals surface area (Å²) < 4.78 is 18.7. The SMILES string of the molecule is CCCCCCOc1cc(F)c(C(=O)O)cc1[N+](=O)[O-]. The lowest BCUT2D eigenvalue weighted by Gasteiger charge is -2.08. The number of unbranched alkanes of at least 4 members (excludes halogenated alkanes) is 3. The number of carbonyl (C=O) groups is 1. The Morgan fingerprint density at radius 3 is 2.65 bits per heavy atom. The largest absolute Gasteiger partial charge is 0.487 e. The van der Waals surface area contributed by atoms with Crippen molar-refractivity contribution in [2.24, 2.45) is 0 Å². The first-order chi connectivity index (χ1) is 9.47. The molecule has 0 aromatic heterocycles. The molecule has 0 aliphatic heterocycles. The van der Waals surface area contributed by atoms with Gasteiger partial charge in [0.25, 0.3) is 0 Å². The molecule has 20 heavy (non-hydrogen) atoms. The maximum atomic E-state index is 13.5. The number of carboxylic acid groups (broad SMARTS) is 1. The molecule has 0 atom stereocenters. The molecule has 110 valence electrons. The number of benzene rings is 1. The predicted molar refractivity (Wildman–Crippen MR) is 69.7 cm³/mol. The average molecular weight is 285 g/mol. The van der Waals surface area contributed by atoms with Crippen LogP contribution in [0.5, 0.6) is 5.75 Å². The molecular weight excluding hydrogens is 269 g/mol. The van der Waals surface area contributed by atoms with E-state index in [0.29, 0.717) is 12.5 Å². The molecule has 0 saturated carbocycles. The van der Waals surface area contributed by atoms with Crippen molar-refractivity contribution >= 4 is 11.7 Å². The van der Waals surface area contributed by atoms with Gasteiger partial charge < -0.3 is 9.84 Å². The summed E-state index contributed by atoms with van der Waals surface area (Å²) in [5.74, 6) is -2.85. The van der Waals surface area contributed by atoms with Gasteiger partial charge in [-0.1, -0.05) is 26.2 Å². The number of rotatable bonds is 8. The Bertz CT molecular complexity index is 504. The first-order valence-corrected chi connectivity index (χ1v) is 6.31. The minimum atomic E-state index is -1.56. The molecule has 6 nitrogen and oxygen atoms in total. The number of nitro groups is 1. The Labute approximate surface area is 115 Å². The van der Waals surface area contributed by atoms with E-state index in [1.54, 1.807) is 0 Å². The first-order valence-electron chi connectivity index (χ1n) is 6.31. The van der Waals surface area contributed by atoms with Crippen LogP contribution >= 0.6 is 0 Å². The van der Waals surface area contributed by atoms with E-state index in [4.69, 9.17) is 9.84 Å². The molecule has 0 bridgehead atoms. The molecule has 0 heterocycles. The Morgan fingerprint density at radius 2 is 2.10 bits per heavy atom. The predicted octanol–water partition coefficient (Wildman–Crippen LogP) is 3.39. The lowest BCUT2D eigenvalue weighted by atomic mass is 10.1. The zero-order valence-electron chi connectivity index (χ0n) is 11.1. The molecule has 0 saturated heterocycles. The van der Waals surface area contributed by atoms with Crippen molar-refractivity contribution in [1.82, 2.24) is 0 Å². The van der Waals surface area contributed by atoms with Crippen LogP contribution < -0.4 is 4.74 Å². The topological polar surface area (TPSA) is 89.7 Å². The van der Waals surface area contributed by atoms with Crippen LogP contribution in [-0.2, 0) is 0 Å². The number of ether oxygens (including phenoxy) is 1. The van der Waals surface area contributed by atoms with E-state index in [1.807, 2.05) is 6.92 Å². The van der Waals surface area contributed by atoms with Crippen LogP contribution in [0.15, 0.2) is 12.1 Å². The van der Waals surface area contributed by atoms with Crippen LogP contribution in [0.2, 0.25) is 0 Å². The van der Waals surface area contributed by atoms with Gasteiger partial charge in [-0.15, -0.1) is 0 Å². The van der Waals surface area contributed by atoms with Crippen molar-refractivity contribution < 1.29 is 24.0 Å². The van der Waals surface area contributed by atoms with Gasteiger partial charge in [-0.05, 0) is 6.42 Å². The van der Waals surface area contributed by atoms with Gasteiger partial charge >= 0.3 is 11.7 Å². The maximum Gasteiger partial charge on any atom is 0.338 e. The highest BCUT2D eigenvalue weighted by molar-refractivity contribution is 5.89. The molecule has 0 aliphatic carbocycles. The summed E-state index contributed by atoms with van der Waals surface area (Å²) in [6, 6.07) is 1.43. The molecule has 0 unspecified atom stereocenters. The third-order valence-electron chi connectivity index (χ3n) is 2.73. The van der Waals surface area contributed by atoms with Crippen molar-refractivity contribution in [3.63, 3.8) is 0 Å². The Balaban J connectivity index is 2.86. The van der Waals surface area contributed by atoms with Crippen LogP contribution in [0.25, 0.3) is 0 Å². The standard InChI is InChI=1S/C13H16FNO5/c1-2-3-4-5-6-20-12-8-10(14)9(13(16)17)7-11(12)15(18)19/h7-8H,2-6H2,1H3,(H,16,17). The van der Waals surface area contributed by atoms with Gasteiger partial charge in [0.1, 0.15) is 11.4 Å². The number of carboxylic acids is 1. The molecular formula is C13H16FNO5. The smallest absolute Gasteiger partial charge is 0.338 e. The number of halogens is 1. The highest BCUT2D eigenvalue weighted by Crippen LogP contribution is 2.30. The van der Waals surface area contributed by atoms with Crippen LogP contribution in [0, 0.1) is 15.9 Å². The number of aromatic carboxylic acids is 1. The van der Waals surface area contributed by atoms with E-state index in [-0.39, 0.29) is 12.4 Å². The molecule has 0 spiro atoms. The molecule has 1 rings (SSSR count). The second-order valence-electron chi connectivity index (χ2n) is 4.27. The number of nitro benzene ring substituents is 1. The van der Waals surface area contributed by atoms with E-state index < -0.39 is 28.0 Å². The van der Waals surface area contributed by atoms with Gasteiger partial charge in [0.2, 0.25) is 0 Å². The van der Waals surface area contributed by atoms with Crippen LogP contribution in [0.4, 0.5) is 10.1 Å². The average Bonchev–Trinajstić information content (AvgIpc) is 2.37. The van der Waals surface area contributed by atoms with E-state index in [2.05, 4.69) is 0 Å². The fraction of sp³-hybridized carbons (Fsp3) is 0.462. The van der Waals surface area contributed by atoms with Crippen molar-refractivity contribution in [2.45, 2.75) is 32.6 Å². The van der Waals surface area contributed by atoms with Crippen molar-refractivity contribution in [3.8, 4) is 5.75 Å². The molecule has 0 radical (unpaired) electrons. The number of hydrogen-bond acceptors (Lipinski definition) is 4. The van der Waals surface area contributed by atoms with E-state index in [0.717, 1.165) is 25.3 Å². The zero-order chi connectivity index (χ0) is 15.1. The fourth-order valence-corrected chi connectivity index (χ4v) is 1.68. The van der Waals surface area contributed by atoms with Crippen molar-refractivity contribution in [2.75, 3.05) is 6.61 Å². The summed E-state index contributed by atoms with van der Waals surface area (Å²) in [5.41, 5.74) is -1.28. The zero-order valence-corrected chi connectivity index (χ0v) is 11.1. The normalized spacial score (nSPS) is 10.3. The monoisotopic (exact) mass is 285 g/mol. The molecule has 7 heteroatoms. The summed E-state index contributed by atoms with van der Waals surface area (Å²) in [6.07, 6.45) is 3.69. The number of nitrogens with zero attached hydrogens (tertiary/aromatic N) is 1. The molecule has 1 N–H and O–H groups in total. The van der Waals surface area contributed by atoms with E-state index in [9.17, 15) is 19.3 Å². The maximum absolute atomic E-state index is 13.5. The third kappa shape index (κ3) is 4.18. The van der Waals surface area contributed by atoms with E-state index >= 15 is 0 Å². The molecule has 0 amide bonds. The van der Waals surface area contributed by atoms with Crippen molar-refractivity contribution in [3.05, 3.63) is 33.6 Å². The first kappa shape index (κ1) is 15.9. The summed E-state index contributed by atoms with van der Waals surface area (Å²) in [6.45, 7) is 2.28. The van der Waals surface area contributed by atoms with Gasteiger partial charge in [0.05, 0.1) is 11.5 Å². The summed E-state index contributed by atoms with van der Waals surface area (Å²) in [7, 11) is 0. The Hall–Kier alpha value is -2.18. The highest BCUT2D eigenvalue weighted by atomic mass is 19.1. The lowest BCUT2D eigenvalue weighted by Crippen LogP contribution is -2.06. The Kier molecular flexibility index (Phi) is 5.89. The second-order valence-corrected chi connectivity index (χ2v) is 4.27. The summed E-state index contributed by atoms with van der Waals surface area (Å²) in [5, 5.41) is 19.6. The van der Waals surface area contributed by atoms with Gasteiger partial charge in [-0.2, -0.15) is 0 Å². The van der Waals surface area contributed by atoms with E-state index in [1.165, 1.54) is 0 Å². The van der Waals surface area contributed by atoms with Crippen LogP contribution in [-0.4, -0.2) is 22.6 Å². The molecule has 1 aromatic carbocycles. The van der Waals surface area contributed by atoms with Gasteiger partial charge in [-0.3, -0.25) is 10.1 Å². The van der Waals surface area contributed by atoms with Gasteiger partial charge in [0.15, 0.2) is 5.75 Å². The highest BCUT2D eigenvalue weighted by Gasteiger charge is 2.22. The molecule has 1 aromatic rings. The quantitative estimate of drug-likeness (QED) is 0.449. The minimum Gasteiger partial charge on any atom is -0.487 e. The fourth-order valence-electron chi connectivity index (χ4n) is 1.68. The summed E-state index contributed by atoms with van der Waals surface area (Å²) in [4.78, 5) is 20.8. The van der Waals surface area contributed by atoms with Crippen molar-refractivity contribution in [1.29, 1.82) is 0 Å². The minimum absolute atomic E-state index is 0.229. The number of hydrogen-bond donors (Lipinski definition) is 1. The third-order valence-corrected chi connectivity index (χ3v) is 2.73. The lowest BCUT2D eigenvalue weighted by molar-refractivity contribution is -0.386. The second kappa shape index (κ2) is 7.42. The Morgan fingerprint density at radius 1 is 1.40 bits per heavy atom.